The van der Waals surface area contributed by atoms with Crippen molar-refractivity contribution >= 4 is 23.0 Å². The van der Waals surface area contributed by atoms with Crippen LogP contribution >= 0.6 is 0 Å². The van der Waals surface area contributed by atoms with E-state index in [-0.39, 0.29) is 0 Å². The number of hydrogen-bond donors (Lipinski definition) is 3. The van der Waals surface area contributed by atoms with E-state index in [9.17, 15) is 0 Å². The average Bonchev–Trinajstić information content (AvgIpc) is 3.20. The van der Waals surface area contributed by atoms with Gasteiger partial charge >= 0.3 is 0 Å². The number of hydrogen-bond acceptors (Lipinski definition) is 6. The lowest BCUT2D eigenvalue weighted by Crippen LogP contribution is -2.33. The average molecular weight is 414 g/mol. The Morgan fingerprint density at radius 2 is 1.74 bits per heavy atom. The van der Waals surface area contributed by atoms with Crippen LogP contribution < -0.4 is 16.4 Å². The molecule has 1 aliphatic rings. The zero-order valence-electron chi connectivity index (χ0n) is 17.6. The number of aromatic nitrogens is 4. The minimum atomic E-state index is 0.324. The maximum Gasteiger partial charge on any atom is 0.223 e. The Hall–Kier alpha value is -3.45. The van der Waals surface area contributed by atoms with Crippen molar-refractivity contribution in [2.24, 2.45) is 5.73 Å². The number of aryl methyl sites for hydroxylation is 1. The standard InChI is InChI=1S/C24H27N7/c1-16-13-27-24(29-19-9-7-17(25)8-10-19)30-23(16)21-14-26-22-12-11-20(15-31(21)22)28-18-5-3-2-4-6-18/h2-6,11-15,17,19,28H,7-10,25H2,1H3,(H,27,29,30). The van der Waals surface area contributed by atoms with E-state index < -0.39 is 0 Å². The molecule has 158 valence electrons. The van der Waals surface area contributed by atoms with Gasteiger partial charge in [0.25, 0.3) is 0 Å². The van der Waals surface area contributed by atoms with Gasteiger partial charge in [-0.05, 0) is 62.4 Å². The Kier molecular flexibility index (Phi) is 5.26. The molecule has 7 nitrogen and oxygen atoms in total. The van der Waals surface area contributed by atoms with Crippen LogP contribution in [-0.2, 0) is 0 Å². The summed E-state index contributed by atoms with van der Waals surface area (Å²) in [7, 11) is 0. The summed E-state index contributed by atoms with van der Waals surface area (Å²) in [4.78, 5) is 14.0. The number of fused-ring (bicyclic) bond motifs is 1. The van der Waals surface area contributed by atoms with Crippen molar-refractivity contribution in [3.8, 4) is 11.4 Å². The second kappa shape index (κ2) is 8.35. The number of pyridine rings is 1. The summed E-state index contributed by atoms with van der Waals surface area (Å²) in [5.41, 5.74) is 11.8. The summed E-state index contributed by atoms with van der Waals surface area (Å²) >= 11 is 0. The highest BCUT2D eigenvalue weighted by atomic mass is 15.1. The Morgan fingerprint density at radius 1 is 0.935 bits per heavy atom. The first-order chi connectivity index (χ1) is 15.2. The van der Waals surface area contributed by atoms with Gasteiger partial charge in [0.1, 0.15) is 5.65 Å². The van der Waals surface area contributed by atoms with E-state index in [1.807, 2.05) is 61.8 Å². The summed E-state index contributed by atoms with van der Waals surface area (Å²) in [6.45, 7) is 2.03. The van der Waals surface area contributed by atoms with Crippen LogP contribution in [0.2, 0.25) is 0 Å². The molecule has 4 N–H and O–H groups in total. The first-order valence-corrected chi connectivity index (χ1v) is 10.8. The molecule has 0 unspecified atom stereocenters. The number of benzene rings is 1. The van der Waals surface area contributed by atoms with E-state index in [1.54, 1.807) is 0 Å². The molecule has 3 heterocycles. The van der Waals surface area contributed by atoms with Gasteiger partial charge in [-0.2, -0.15) is 0 Å². The topological polar surface area (TPSA) is 93.2 Å². The SMILES string of the molecule is Cc1cnc(NC2CCC(N)CC2)nc1-c1cnc2ccc(Nc3ccccc3)cn12. The molecular weight excluding hydrogens is 386 g/mol. The highest BCUT2D eigenvalue weighted by Crippen LogP contribution is 2.26. The molecule has 0 saturated heterocycles. The molecule has 7 heteroatoms. The highest BCUT2D eigenvalue weighted by Gasteiger charge is 2.20. The first-order valence-electron chi connectivity index (χ1n) is 10.8. The Bertz CT molecular complexity index is 1180. The molecule has 0 atom stereocenters. The second-order valence-corrected chi connectivity index (χ2v) is 8.26. The zero-order chi connectivity index (χ0) is 21.2. The summed E-state index contributed by atoms with van der Waals surface area (Å²) in [5.74, 6) is 0.662. The second-order valence-electron chi connectivity index (χ2n) is 8.26. The predicted molar refractivity (Wildman–Crippen MR) is 125 cm³/mol. The van der Waals surface area contributed by atoms with E-state index in [0.717, 1.165) is 59.7 Å². The van der Waals surface area contributed by atoms with Crippen molar-refractivity contribution in [3.63, 3.8) is 0 Å². The normalized spacial score (nSPS) is 18.8. The Labute approximate surface area is 181 Å². The van der Waals surface area contributed by atoms with Crippen LogP contribution in [0.1, 0.15) is 31.2 Å². The van der Waals surface area contributed by atoms with E-state index >= 15 is 0 Å². The number of rotatable bonds is 5. The largest absolute Gasteiger partial charge is 0.354 e. The lowest BCUT2D eigenvalue weighted by Gasteiger charge is -2.26. The molecule has 5 rings (SSSR count). The van der Waals surface area contributed by atoms with Gasteiger partial charge in [-0.3, -0.25) is 4.40 Å². The van der Waals surface area contributed by atoms with Crippen LogP contribution in [0, 0.1) is 6.92 Å². The fourth-order valence-electron chi connectivity index (χ4n) is 4.13. The third-order valence-corrected chi connectivity index (χ3v) is 5.89. The van der Waals surface area contributed by atoms with Crippen molar-refractivity contribution in [1.29, 1.82) is 0 Å². The van der Waals surface area contributed by atoms with Gasteiger partial charge in [0.05, 0.1) is 23.3 Å². The maximum absolute atomic E-state index is 6.04. The van der Waals surface area contributed by atoms with E-state index in [0.29, 0.717) is 18.0 Å². The zero-order valence-corrected chi connectivity index (χ0v) is 17.6. The molecule has 4 aromatic rings. The van der Waals surface area contributed by atoms with Crippen molar-refractivity contribution in [2.45, 2.75) is 44.7 Å². The van der Waals surface area contributed by atoms with Gasteiger partial charge in [0.15, 0.2) is 0 Å². The summed E-state index contributed by atoms with van der Waals surface area (Å²) < 4.78 is 2.07. The van der Waals surface area contributed by atoms with Gasteiger partial charge in [0, 0.05) is 30.2 Å². The number of anilines is 3. The molecule has 1 aliphatic carbocycles. The number of nitrogens with zero attached hydrogens (tertiary/aromatic N) is 4. The fourth-order valence-corrected chi connectivity index (χ4v) is 4.13. The Balaban J connectivity index is 1.45. The third-order valence-electron chi connectivity index (χ3n) is 5.89. The van der Waals surface area contributed by atoms with Crippen LogP contribution in [0.15, 0.2) is 61.1 Å². The molecule has 1 saturated carbocycles. The smallest absolute Gasteiger partial charge is 0.223 e. The minimum Gasteiger partial charge on any atom is -0.354 e. The monoisotopic (exact) mass is 413 g/mol. The van der Waals surface area contributed by atoms with Gasteiger partial charge < -0.3 is 16.4 Å². The number of nitrogens with two attached hydrogens (primary N) is 1. The maximum atomic E-state index is 6.04. The van der Waals surface area contributed by atoms with Crippen molar-refractivity contribution in [1.82, 2.24) is 19.4 Å². The molecule has 31 heavy (non-hydrogen) atoms. The van der Waals surface area contributed by atoms with Crippen LogP contribution in [0.5, 0.6) is 0 Å². The van der Waals surface area contributed by atoms with Gasteiger partial charge in [-0.15, -0.1) is 0 Å². The van der Waals surface area contributed by atoms with Gasteiger partial charge in [0.2, 0.25) is 5.95 Å². The summed E-state index contributed by atoms with van der Waals surface area (Å²) in [5, 5.41) is 6.95. The van der Waals surface area contributed by atoms with Crippen LogP contribution in [0.25, 0.3) is 17.0 Å². The van der Waals surface area contributed by atoms with Crippen LogP contribution in [0.3, 0.4) is 0 Å². The van der Waals surface area contributed by atoms with E-state index in [4.69, 9.17) is 10.7 Å². The number of imidazole rings is 1. The third kappa shape index (κ3) is 4.22. The summed E-state index contributed by atoms with van der Waals surface area (Å²) in [6, 6.07) is 14.9. The molecular formula is C24H27N7. The predicted octanol–water partition coefficient (Wildman–Crippen LogP) is 4.53. The minimum absolute atomic E-state index is 0.324. The van der Waals surface area contributed by atoms with Crippen molar-refractivity contribution in [2.75, 3.05) is 10.6 Å². The molecule has 0 radical (unpaired) electrons. The lowest BCUT2D eigenvalue weighted by molar-refractivity contribution is 0.410. The van der Waals surface area contributed by atoms with Crippen LogP contribution in [-0.4, -0.2) is 31.4 Å². The molecule has 0 amide bonds. The Morgan fingerprint density at radius 3 is 2.55 bits per heavy atom. The van der Waals surface area contributed by atoms with Gasteiger partial charge in [-0.25, -0.2) is 15.0 Å². The summed E-state index contributed by atoms with van der Waals surface area (Å²) in [6.07, 6.45) is 10.0. The molecule has 0 bridgehead atoms. The molecule has 1 fully saturated rings. The fraction of sp³-hybridized carbons (Fsp3) is 0.292. The number of para-hydroxylation sites is 1. The molecule has 0 aliphatic heterocycles. The lowest BCUT2D eigenvalue weighted by atomic mass is 9.92. The first kappa shape index (κ1) is 19.5. The molecule has 3 aromatic heterocycles. The highest BCUT2D eigenvalue weighted by molar-refractivity contribution is 5.67. The van der Waals surface area contributed by atoms with Gasteiger partial charge in [-0.1, -0.05) is 18.2 Å². The van der Waals surface area contributed by atoms with E-state index in [1.165, 1.54) is 0 Å². The van der Waals surface area contributed by atoms with E-state index in [2.05, 4.69) is 31.2 Å². The molecule has 1 aromatic carbocycles. The van der Waals surface area contributed by atoms with Crippen LogP contribution in [0.4, 0.5) is 17.3 Å². The number of nitrogens with one attached hydrogen (secondary N) is 2. The van der Waals surface area contributed by atoms with Crippen molar-refractivity contribution in [3.05, 3.63) is 66.6 Å². The quantitative estimate of drug-likeness (QED) is 0.445. The molecule has 0 spiro atoms. The van der Waals surface area contributed by atoms with Crippen molar-refractivity contribution < 1.29 is 0 Å².